The minimum absolute atomic E-state index is 0. The fourth-order valence-electron chi connectivity index (χ4n) is 2.04. The number of ether oxygens (including phenoxy) is 1. The SMILES string of the molecule is COc1ccc(S(=O)(=O)N2CC(C)C(N)C2)cc1.Cl. The van der Waals surface area contributed by atoms with Crippen LogP contribution in [0.5, 0.6) is 5.75 Å². The molecule has 0 amide bonds. The highest BCUT2D eigenvalue weighted by Gasteiger charge is 2.35. The second-order valence-electron chi connectivity index (χ2n) is 4.64. The summed E-state index contributed by atoms with van der Waals surface area (Å²) in [6, 6.07) is 6.32. The van der Waals surface area contributed by atoms with Gasteiger partial charge in [0, 0.05) is 19.1 Å². The third-order valence-corrected chi connectivity index (χ3v) is 5.18. The van der Waals surface area contributed by atoms with Crippen LogP contribution in [0.25, 0.3) is 0 Å². The van der Waals surface area contributed by atoms with Crippen molar-refractivity contribution in [3.05, 3.63) is 24.3 Å². The molecule has 19 heavy (non-hydrogen) atoms. The quantitative estimate of drug-likeness (QED) is 0.907. The summed E-state index contributed by atoms with van der Waals surface area (Å²) in [5.41, 5.74) is 5.86. The number of hydrogen-bond donors (Lipinski definition) is 1. The predicted molar refractivity (Wildman–Crippen MR) is 76.1 cm³/mol. The average Bonchev–Trinajstić information content (AvgIpc) is 2.70. The van der Waals surface area contributed by atoms with E-state index in [-0.39, 0.29) is 29.3 Å². The van der Waals surface area contributed by atoms with Gasteiger partial charge in [-0.15, -0.1) is 12.4 Å². The Kier molecular flexibility index (Phi) is 5.20. The summed E-state index contributed by atoms with van der Waals surface area (Å²) in [6.07, 6.45) is 0. The van der Waals surface area contributed by atoms with Crippen LogP contribution < -0.4 is 10.5 Å². The topological polar surface area (TPSA) is 72.6 Å². The van der Waals surface area contributed by atoms with Crippen LogP contribution in [-0.4, -0.2) is 39.0 Å². The zero-order valence-corrected chi connectivity index (χ0v) is 12.6. The molecule has 0 radical (unpaired) electrons. The highest BCUT2D eigenvalue weighted by Crippen LogP contribution is 2.24. The van der Waals surface area contributed by atoms with Crippen LogP contribution in [0.1, 0.15) is 6.92 Å². The molecule has 0 saturated carbocycles. The molecule has 2 N–H and O–H groups in total. The second-order valence-corrected chi connectivity index (χ2v) is 6.58. The van der Waals surface area contributed by atoms with Gasteiger partial charge < -0.3 is 10.5 Å². The maximum Gasteiger partial charge on any atom is 0.243 e. The highest BCUT2D eigenvalue weighted by atomic mass is 35.5. The number of hydrogen-bond acceptors (Lipinski definition) is 4. The molecule has 0 spiro atoms. The molecule has 0 bridgehead atoms. The van der Waals surface area contributed by atoms with Crippen molar-refractivity contribution in [1.29, 1.82) is 0 Å². The predicted octanol–water partition coefficient (Wildman–Crippen LogP) is 1.08. The van der Waals surface area contributed by atoms with Crippen molar-refractivity contribution in [3.8, 4) is 5.75 Å². The number of halogens is 1. The second kappa shape index (κ2) is 6.09. The van der Waals surface area contributed by atoms with E-state index in [1.807, 2.05) is 6.92 Å². The van der Waals surface area contributed by atoms with Gasteiger partial charge in [-0.3, -0.25) is 0 Å². The normalized spacial score (nSPS) is 23.9. The van der Waals surface area contributed by atoms with Gasteiger partial charge in [0.05, 0.1) is 12.0 Å². The zero-order chi connectivity index (χ0) is 13.3. The van der Waals surface area contributed by atoms with Gasteiger partial charge in [-0.2, -0.15) is 4.31 Å². The molecule has 108 valence electrons. The average molecular weight is 307 g/mol. The molecule has 0 aliphatic carbocycles. The molecule has 2 atom stereocenters. The summed E-state index contributed by atoms with van der Waals surface area (Å²) < 4.78 is 31.2. The van der Waals surface area contributed by atoms with E-state index in [1.54, 1.807) is 31.4 Å². The summed E-state index contributed by atoms with van der Waals surface area (Å²) in [5, 5.41) is 0. The van der Waals surface area contributed by atoms with Crippen LogP contribution in [0, 0.1) is 5.92 Å². The first-order valence-electron chi connectivity index (χ1n) is 5.85. The van der Waals surface area contributed by atoms with Crippen LogP contribution >= 0.6 is 12.4 Å². The fourth-order valence-corrected chi connectivity index (χ4v) is 3.62. The Morgan fingerprint density at radius 3 is 2.26 bits per heavy atom. The van der Waals surface area contributed by atoms with Gasteiger partial charge >= 0.3 is 0 Å². The van der Waals surface area contributed by atoms with Crippen LogP contribution in [0.15, 0.2) is 29.2 Å². The number of sulfonamides is 1. The van der Waals surface area contributed by atoms with Crippen molar-refractivity contribution in [3.63, 3.8) is 0 Å². The fraction of sp³-hybridized carbons (Fsp3) is 0.500. The maximum absolute atomic E-state index is 12.4. The lowest BCUT2D eigenvalue weighted by Crippen LogP contribution is -2.32. The van der Waals surface area contributed by atoms with E-state index in [0.717, 1.165) is 0 Å². The van der Waals surface area contributed by atoms with Crippen molar-refractivity contribution < 1.29 is 13.2 Å². The molecule has 2 unspecified atom stereocenters. The Bertz CT molecular complexity index is 508. The van der Waals surface area contributed by atoms with Crippen molar-refractivity contribution in [1.82, 2.24) is 4.31 Å². The van der Waals surface area contributed by atoms with E-state index in [9.17, 15) is 8.42 Å². The molecule has 1 aromatic rings. The molecule has 1 heterocycles. The number of methoxy groups -OCH3 is 1. The van der Waals surface area contributed by atoms with Crippen molar-refractivity contribution in [2.45, 2.75) is 17.9 Å². The summed E-state index contributed by atoms with van der Waals surface area (Å²) >= 11 is 0. The monoisotopic (exact) mass is 306 g/mol. The van der Waals surface area contributed by atoms with Crippen LogP contribution in [0.4, 0.5) is 0 Å². The Balaban J connectivity index is 0.00000180. The molecule has 1 saturated heterocycles. The van der Waals surface area contributed by atoms with Gasteiger partial charge in [-0.05, 0) is 30.2 Å². The Morgan fingerprint density at radius 1 is 1.26 bits per heavy atom. The number of benzene rings is 1. The van der Waals surface area contributed by atoms with E-state index in [1.165, 1.54) is 4.31 Å². The van der Waals surface area contributed by atoms with Crippen molar-refractivity contribution in [2.24, 2.45) is 11.7 Å². The van der Waals surface area contributed by atoms with Gasteiger partial charge in [0.1, 0.15) is 5.75 Å². The van der Waals surface area contributed by atoms with Crippen molar-refractivity contribution in [2.75, 3.05) is 20.2 Å². The summed E-state index contributed by atoms with van der Waals surface area (Å²) in [4.78, 5) is 0.282. The molecule has 5 nitrogen and oxygen atoms in total. The van der Waals surface area contributed by atoms with E-state index in [4.69, 9.17) is 10.5 Å². The van der Waals surface area contributed by atoms with E-state index in [2.05, 4.69) is 0 Å². The standard InChI is InChI=1S/C12H18N2O3S.ClH/c1-9-7-14(8-12(9)13)18(15,16)11-5-3-10(17-2)4-6-11;/h3-6,9,12H,7-8,13H2,1-2H3;1H. The van der Waals surface area contributed by atoms with Gasteiger partial charge in [0.2, 0.25) is 10.0 Å². The number of rotatable bonds is 3. The van der Waals surface area contributed by atoms with Gasteiger partial charge in [0.25, 0.3) is 0 Å². The first-order chi connectivity index (χ1) is 8.45. The van der Waals surface area contributed by atoms with E-state index < -0.39 is 10.0 Å². The Labute approximate surface area is 120 Å². The van der Waals surface area contributed by atoms with Gasteiger partial charge in [-0.25, -0.2) is 8.42 Å². The third-order valence-electron chi connectivity index (χ3n) is 3.33. The summed E-state index contributed by atoms with van der Waals surface area (Å²) in [5.74, 6) is 0.832. The first-order valence-corrected chi connectivity index (χ1v) is 7.29. The van der Waals surface area contributed by atoms with Gasteiger partial charge in [-0.1, -0.05) is 6.92 Å². The smallest absolute Gasteiger partial charge is 0.243 e. The van der Waals surface area contributed by atoms with Gasteiger partial charge in [0.15, 0.2) is 0 Å². The maximum atomic E-state index is 12.4. The van der Waals surface area contributed by atoms with E-state index >= 15 is 0 Å². The zero-order valence-electron chi connectivity index (χ0n) is 10.9. The van der Waals surface area contributed by atoms with E-state index in [0.29, 0.717) is 18.8 Å². The minimum atomic E-state index is -3.43. The van der Waals surface area contributed by atoms with Crippen LogP contribution in [0.2, 0.25) is 0 Å². The molecule has 1 aromatic carbocycles. The number of nitrogens with zero attached hydrogens (tertiary/aromatic N) is 1. The molecule has 7 heteroatoms. The molecular weight excluding hydrogens is 288 g/mol. The lowest BCUT2D eigenvalue weighted by molar-refractivity contribution is 0.414. The Morgan fingerprint density at radius 2 is 1.84 bits per heavy atom. The molecule has 2 rings (SSSR count). The lowest BCUT2D eigenvalue weighted by atomic mass is 10.1. The molecular formula is C12H19ClN2O3S. The third kappa shape index (κ3) is 3.20. The Hall–Kier alpha value is -0.820. The lowest BCUT2D eigenvalue weighted by Gasteiger charge is -2.16. The highest BCUT2D eigenvalue weighted by molar-refractivity contribution is 7.89. The molecule has 1 aliphatic rings. The minimum Gasteiger partial charge on any atom is -0.497 e. The molecule has 1 fully saturated rings. The molecule has 1 aliphatic heterocycles. The van der Waals surface area contributed by atoms with Crippen LogP contribution in [-0.2, 0) is 10.0 Å². The van der Waals surface area contributed by atoms with Crippen molar-refractivity contribution >= 4 is 22.4 Å². The largest absolute Gasteiger partial charge is 0.497 e. The molecule has 0 aromatic heterocycles. The first kappa shape index (κ1) is 16.2. The van der Waals surface area contributed by atoms with Crippen LogP contribution in [0.3, 0.4) is 0 Å². The summed E-state index contributed by atoms with van der Waals surface area (Å²) in [6.45, 7) is 2.83. The summed E-state index contributed by atoms with van der Waals surface area (Å²) in [7, 11) is -1.89. The number of nitrogens with two attached hydrogens (primary N) is 1.